The third-order valence-corrected chi connectivity index (χ3v) is 5.50. The standard InChI is InChI=1S/C20H17Cl2F3N2O2/c21-16-6-3-13(11-17(16)22)19(29)27-9-7-15(8-10-27)26-18(28)12-1-4-14(5-2-12)20(23,24)25/h1-6,11,15H,7-10H2,(H,26,28). The molecule has 1 heterocycles. The molecule has 0 saturated carbocycles. The van der Waals surface area contributed by atoms with E-state index in [9.17, 15) is 22.8 Å². The number of alkyl halides is 3. The van der Waals surface area contributed by atoms with Gasteiger partial charge in [-0.3, -0.25) is 9.59 Å². The van der Waals surface area contributed by atoms with Crippen molar-refractivity contribution in [3.05, 3.63) is 69.2 Å². The normalized spacial score (nSPS) is 15.3. The number of halogens is 5. The van der Waals surface area contributed by atoms with Gasteiger partial charge in [-0.05, 0) is 55.3 Å². The molecule has 1 aliphatic rings. The Hall–Kier alpha value is -2.25. The van der Waals surface area contributed by atoms with Gasteiger partial charge in [0.15, 0.2) is 0 Å². The highest BCUT2D eigenvalue weighted by atomic mass is 35.5. The molecule has 0 unspecified atom stereocenters. The van der Waals surface area contributed by atoms with E-state index in [1.807, 2.05) is 0 Å². The summed E-state index contributed by atoms with van der Waals surface area (Å²) >= 11 is 11.8. The number of nitrogens with one attached hydrogen (secondary N) is 1. The van der Waals surface area contributed by atoms with Crippen molar-refractivity contribution >= 4 is 35.0 Å². The molecule has 3 rings (SSSR count). The van der Waals surface area contributed by atoms with E-state index >= 15 is 0 Å². The highest BCUT2D eigenvalue weighted by Gasteiger charge is 2.30. The number of carbonyl (C=O) groups excluding carboxylic acids is 2. The molecule has 1 aliphatic heterocycles. The zero-order valence-electron chi connectivity index (χ0n) is 15.1. The maximum absolute atomic E-state index is 12.6. The smallest absolute Gasteiger partial charge is 0.349 e. The number of likely N-dealkylation sites (tertiary alicyclic amines) is 1. The third kappa shape index (κ3) is 5.22. The van der Waals surface area contributed by atoms with Crippen LogP contribution in [0, 0.1) is 0 Å². The van der Waals surface area contributed by atoms with Crippen molar-refractivity contribution in [2.45, 2.75) is 25.1 Å². The summed E-state index contributed by atoms with van der Waals surface area (Å²) in [5, 5.41) is 3.48. The third-order valence-electron chi connectivity index (χ3n) is 4.76. The van der Waals surface area contributed by atoms with Gasteiger partial charge in [-0.2, -0.15) is 13.2 Å². The van der Waals surface area contributed by atoms with Crippen LogP contribution >= 0.6 is 23.2 Å². The number of amides is 2. The Balaban J connectivity index is 1.54. The van der Waals surface area contributed by atoms with Crippen molar-refractivity contribution in [1.82, 2.24) is 10.2 Å². The van der Waals surface area contributed by atoms with Crippen LogP contribution in [-0.4, -0.2) is 35.8 Å². The average molecular weight is 445 g/mol. The number of hydrogen-bond donors (Lipinski definition) is 1. The number of benzene rings is 2. The quantitative estimate of drug-likeness (QED) is 0.720. The van der Waals surface area contributed by atoms with Crippen LogP contribution in [-0.2, 0) is 6.18 Å². The lowest BCUT2D eigenvalue weighted by molar-refractivity contribution is -0.137. The lowest BCUT2D eigenvalue weighted by Gasteiger charge is -2.32. The maximum Gasteiger partial charge on any atom is 0.416 e. The van der Waals surface area contributed by atoms with Gasteiger partial charge in [0.2, 0.25) is 0 Å². The lowest BCUT2D eigenvalue weighted by Crippen LogP contribution is -2.46. The van der Waals surface area contributed by atoms with Gasteiger partial charge >= 0.3 is 6.18 Å². The molecule has 0 radical (unpaired) electrons. The summed E-state index contributed by atoms with van der Waals surface area (Å²) < 4.78 is 37.8. The van der Waals surface area contributed by atoms with Crippen LogP contribution in [0.2, 0.25) is 10.0 Å². The van der Waals surface area contributed by atoms with Gasteiger partial charge in [0.1, 0.15) is 0 Å². The van der Waals surface area contributed by atoms with E-state index in [2.05, 4.69) is 5.32 Å². The molecule has 0 atom stereocenters. The minimum atomic E-state index is -4.44. The van der Waals surface area contributed by atoms with E-state index in [1.165, 1.54) is 6.07 Å². The molecule has 0 bridgehead atoms. The van der Waals surface area contributed by atoms with E-state index in [1.54, 1.807) is 17.0 Å². The van der Waals surface area contributed by atoms with Gasteiger partial charge < -0.3 is 10.2 Å². The largest absolute Gasteiger partial charge is 0.416 e. The molecule has 29 heavy (non-hydrogen) atoms. The Kier molecular flexibility index (Phi) is 6.39. The molecule has 0 aromatic heterocycles. The Labute approximate surface area is 175 Å². The van der Waals surface area contributed by atoms with E-state index in [0.29, 0.717) is 41.5 Å². The zero-order valence-corrected chi connectivity index (χ0v) is 16.6. The molecule has 154 valence electrons. The Morgan fingerprint density at radius 1 is 0.931 bits per heavy atom. The zero-order chi connectivity index (χ0) is 21.2. The average Bonchev–Trinajstić information content (AvgIpc) is 2.69. The first kappa shape index (κ1) is 21.5. The minimum absolute atomic E-state index is 0.160. The summed E-state index contributed by atoms with van der Waals surface area (Å²) in [6, 6.07) is 8.60. The van der Waals surface area contributed by atoms with Crippen molar-refractivity contribution in [3.63, 3.8) is 0 Å². The highest BCUT2D eigenvalue weighted by Crippen LogP contribution is 2.29. The summed E-state index contributed by atoms with van der Waals surface area (Å²) in [5.74, 6) is -0.607. The van der Waals surface area contributed by atoms with Crippen molar-refractivity contribution in [3.8, 4) is 0 Å². The Bertz CT molecular complexity index is 909. The van der Waals surface area contributed by atoms with Crippen molar-refractivity contribution in [2.75, 3.05) is 13.1 Å². The second kappa shape index (κ2) is 8.63. The Morgan fingerprint density at radius 3 is 2.07 bits per heavy atom. The highest BCUT2D eigenvalue weighted by molar-refractivity contribution is 6.42. The van der Waals surface area contributed by atoms with Crippen LogP contribution < -0.4 is 5.32 Å². The monoisotopic (exact) mass is 444 g/mol. The van der Waals surface area contributed by atoms with E-state index in [-0.39, 0.29) is 17.5 Å². The van der Waals surface area contributed by atoms with E-state index < -0.39 is 17.6 Å². The molecule has 2 aromatic rings. The molecule has 1 fully saturated rings. The first-order valence-electron chi connectivity index (χ1n) is 8.87. The van der Waals surface area contributed by atoms with Crippen LogP contribution in [0.5, 0.6) is 0 Å². The van der Waals surface area contributed by atoms with Gasteiger partial charge in [0, 0.05) is 30.3 Å². The summed E-state index contributed by atoms with van der Waals surface area (Å²) in [7, 11) is 0. The fourth-order valence-corrected chi connectivity index (χ4v) is 3.42. The molecule has 2 aromatic carbocycles. The number of nitrogens with zero attached hydrogens (tertiary/aromatic N) is 1. The minimum Gasteiger partial charge on any atom is -0.349 e. The van der Waals surface area contributed by atoms with E-state index in [4.69, 9.17) is 23.2 Å². The van der Waals surface area contributed by atoms with Crippen molar-refractivity contribution in [1.29, 1.82) is 0 Å². The van der Waals surface area contributed by atoms with Gasteiger partial charge in [0.05, 0.1) is 15.6 Å². The van der Waals surface area contributed by atoms with Crippen molar-refractivity contribution < 1.29 is 22.8 Å². The summed E-state index contributed by atoms with van der Waals surface area (Å²) in [5.41, 5.74) is -0.206. The van der Waals surface area contributed by atoms with E-state index in [0.717, 1.165) is 24.3 Å². The predicted octanol–water partition coefficient (Wildman–Crippen LogP) is 5.05. The molecular formula is C20H17Cl2F3N2O2. The second-order valence-electron chi connectivity index (χ2n) is 6.74. The number of hydrogen-bond acceptors (Lipinski definition) is 2. The van der Waals surface area contributed by atoms with Crippen LogP contribution in [0.3, 0.4) is 0 Å². The predicted molar refractivity (Wildman–Crippen MR) is 104 cm³/mol. The van der Waals surface area contributed by atoms with Gasteiger partial charge in [-0.25, -0.2) is 0 Å². The van der Waals surface area contributed by atoms with Gasteiger partial charge in [0.25, 0.3) is 11.8 Å². The Morgan fingerprint density at radius 2 is 1.52 bits per heavy atom. The molecule has 0 spiro atoms. The van der Waals surface area contributed by atoms with Crippen LogP contribution in [0.25, 0.3) is 0 Å². The van der Waals surface area contributed by atoms with Crippen molar-refractivity contribution in [2.24, 2.45) is 0 Å². The molecule has 9 heteroatoms. The van der Waals surface area contributed by atoms with Crippen LogP contribution in [0.1, 0.15) is 39.1 Å². The van der Waals surface area contributed by atoms with Crippen LogP contribution in [0.15, 0.2) is 42.5 Å². The van der Waals surface area contributed by atoms with Gasteiger partial charge in [-0.15, -0.1) is 0 Å². The molecular weight excluding hydrogens is 428 g/mol. The fourth-order valence-electron chi connectivity index (χ4n) is 3.12. The lowest BCUT2D eigenvalue weighted by atomic mass is 10.0. The first-order chi connectivity index (χ1) is 13.6. The fraction of sp³-hybridized carbons (Fsp3) is 0.300. The molecule has 0 aliphatic carbocycles. The molecule has 4 nitrogen and oxygen atoms in total. The summed E-state index contributed by atoms with van der Waals surface area (Å²) in [6.07, 6.45) is -3.36. The maximum atomic E-state index is 12.6. The first-order valence-corrected chi connectivity index (χ1v) is 9.63. The number of carbonyl (C=O) groups is 2. The summed E-state index contributed by atoms with van der Waals surface area (Å²) in [4.78, 5) is 26.5. The molecule has 1 N–H and O–H groups in total. The molecule has 1 saturated heterocycles. The summed E-state index contributed by atoms with van der Waals surface area (Å²) in [6.45, 7) is 0.883. The number of piperidine rings is 1. The molecule has 2 amide bonds. The number of rotatable bonds is 3. The topological polar surface area (TPSA) is 49.4 Å². The van der Waals surface area contributed by atoms with Crippen LogP contribution in [0.4, 0.5) is 13.2 Å². The SMILES string of the molecule is O=C(NC1CCN(C(=O)c2ccc(Cl)c(Cl)c2)CC1)c1ccc(C(F)(F)F)cc1. The van der Waals surface area contributed by atoms with Gasteiger partial charge in [-0.1, -0.05) is 23.2 Å². The second-order valence-corrected chi connectivity index (χ2v) is 7.56.